The van der Waals surface area contributed by atoms with Crippen LogP contribution in [0.5, 0.6) is 0 Å². The van der Waals surface area contributed by atoms with Gasteiger partial charge in [0, 0.05) is 13.1 Å². The average Bonchev–Trinajstić information content (AvgIpc) is 2.76. The van der Waals surface area contributed by atoms with Crippen molar-refractivity contribution in [2.45, 2.75) is 45.6 Å². The number of ether oxygens (including phenoxy) is 1. The first-order chi connectivity index (χ1) is 10.6. The lowest BCUT2D eigenvalue weighted by atomic mass is 9.97. The number of amides is 3. The Hall–Kier alpha value is -1.63. The minimum atomic E-state index is -0.380. The van der Waals surface area contributed by atoms with Gasteiger partial charge in [0.25, 0.3) is 5.91 Å². The molecule has 22 heavy (non-hydrogen) atoms. The lowest BCUT2D eigenvalue weighted by molar-refractivity contribution is -0.150. The van der Waals surface area contributed by atoms with E-state index in [-0.39, 0.29) is 29.9 Å². The molecule has 124 valence electrons. The molecule has 0 bridgehead atoms. The molecule has 0 unspecified atom stereocenters. The molecule has 2 aliphatic rings. The summed E-state index contributed by atoms with van der Waals surface area (Å²) in [6, 6.07) is -0.689. The molecule has 3 amide bonds. The fourth-order valence-corrected chi connectivity index (χ4v) is 2.97. The molecule has 2 heterocycles. The molecule has 1 atom stereocenters. The number of likely N-dealkylation sites (tertiary alicyclic amines) is 1. The highest BCUT2D eigenvalue weighted by Gasteiger charge is 2.38. The first-order valence-electron chi connectivity index (χ1n) is 8.07. The van der Waals surface area contributed by atoms with E-state index in [9.17, 15) is 14.4 Å². The van der Waals surface area contributed by atoms with Crippen LogP contribution < -0.4 is 5.32 Å². The highest BCUT2D eigenvalue weighted by atomic mass is 16.5. The average molecular weight is 311 g/mol. The number of carbonyl (C=O) groups is 3. The zero-order chi connectivity index (χ0) is 16.1. The van der Waals surface area contributed by atoms with Crippen molar-refractivity contribution in [3.63, 3.8) is 0 Å². The van der Waals surface area contributed by atoms with Crippen LogP contribution in [0.4, 0.5) is 4.79 Å². The molecule has 0 aliphatic carbocycles. The van der Waals surface area contributed by atoms with Gasteiger partial charge in [-0.25, -0.2) is 9.69 Å². The van der Waals surface area contributed by atoms with Crippen molar-refractivity contribution in [2.24, 2.45) is 5.92 Å². The summed E-state index contributed by atoms with van der Waals surface area (Å²) in [5.41, 5.74) is 0. The number of hydrogen-bond acceptors (Lipinski definition) is 5. The highest BCUT2D eigenvalue weighted by molar-refractivity contribution is 6.04. The molecule has 2 fully saturated rings. The molecule has 1 N–H and O–H groups in total. The summed E-state index contributed by atoms with van der Waals surface area (Å²) in [4.78, 5) is 39.1. The van der Waals surface area contributed by atoms with Crippen molar-refractivity contribution in [1.29, 1.82) is 0 Å². The van der Waals surface area contributed by atoms with Gasteiger partial charge in [0.05, 0.1) is 19.2 Å². The molecule has 0 spiro atoms. The van der Waals surface area contributed by atoms with Gasteiger partial charge in [0.2, 0.25) is 0 Å². The minimum Gasteiger partial charge on any atom is -0.466 e. The van der Waals surface area contributed by atoms with Gasteiger partial charge in [-0.05, 0) is 26.2 Å². The maximum Gasteiger partial charge on any atom is 0.325 e. The van der Waals surface area contributed by atoms with Gasteiger partial charge in [0.15, 0.2) is 0 Å². The van der Waals surface area contributed by atoms with Crippen molar-refractivity contribution in [2.75, 3.05) is 26.4 Å². The van der Waals surface area contributed by atoms with Gasteiger partial charge in [-0.15, -0.1) is 0 Å². The Bertz CT molecular complexity index is 433. The van der Waals surface area contributed by atoms with E-state index < -0.39 is 0 Å². The lowest BCUT2D eigenvalue weighted by Gasteiger charge is -2.32. The van der Waals surface area contributed by atoms with Crippen LogP contribution in [-0.4, -0.2) is 60.1 Å². The van der Waals surface area contributed by atoms with Gasteiger partial charge in [0.1, 0.15) is 6.04 Å². The molecular weight excluding hydrogens is 286 g/mol. The van der Waals surface area contributed by atoms with E-state index >= 15 is 0 Å². The van der Waals surface area contributed by atoms with Crippen LogP contribution in [0.1, 0.15) is 39.5 Å². The number of nitrogens with zero attached hydrogens (tertiary/aromatic N) is 2. The van der Waals surface area contributed by atoms with Crippen LogP contribution in [-0.2, 0) is 14.3 Å². The number of urea groups is 1. The Labute approximate surface area is 131 Å². The van der Waals surface area contributed by atoms with Gasteiger partial charge in [-0.2, -0.15) is 0 Å². The number of carbonyl (C=O) groups excluding carboxylic acids is 3. The van der Waals surface area contributed by atoms with Gasteiger partial charge < -0.3 is 10.1 Å². The second-order valence-electron chi connectivity index (χ2n) is 5.84. The molecule has 0 radical (unpaired) electrons. The third-order valence-electron chi connectivity index (χ3n) is 4.23. The molecule has 2 saturated heterocycles. The smallest absolute Gasteiger partial charge is 0.325 e. The van der Waals surface area contributed by atoms with E-state index in [0.717, 1.165) is 6.42 Å². The summed E-state index contributed by atoms with van der Waals surface area (Å²) in [6.45, 7) is 5.89. The van der Waals surface area contributed by atoms with Gasteiger partial charge in [-0.3, -0.25) is 14.5 Å². The first kappa shape index (κ1) is 16.7. The van der Waals surface area contributed by atoms with Gasteiger partial charge in [-0.1, -0.05) is 13.3 Å². The topological polar surface area (TPSA) is 79.0 Å². The van der Waals surface area contributed by atoms with Crippen LogP contribution in [0.15, 0.2) is 0 Å². The third-order valence-corrected chi connectivity index (χ3v) is 4.23. The Morgan fingerprint density at radius 2 is 1.95 bits per heavy atom. The maximum absolute atomic E-state index is 12.2. The number of nitrogens with one attached hydrogen (secondary N) is 1. The van der Waals surface area contributed by atoms with Crippen molar-refractivity contribution in [3.8, 4) is 0 Å². The third kappa shape index (κ3) is 3.76. The normalized spacial score (nSPS) is 23.7. The molecule has 7 heteroatoms. The predicted molar refractivity (Wildman–Crippen MR) is 79.9 cm³/mol. The Balaban J connectivity index is 1.82. The van der Waals surface area contributed by atoms with Crippen molar-refractivity contribution >= 4 is 17.9 Å². The fraction of sp³-hybridized carbons (Fsp3) is 0.800. The van der Waals surface area contributed by atoms with Crippen LogP contribution in [0.25, 0.3) is 0 Å². The number of esters is 1. The molecule has 2 rings (SSSR count). The lowest BCUT2D eigenvalue weighted by Crippen LogP contribution is -2.46. The predicted octanol–water partition coefficient (Wildman–Crippen LogP) is 0.940. The van der Waals surface area contributed by atoms with E-state index in [2.05, 4.69) is 5.32 Å². The molecule has 0 aromatic carbocycles. The maximum atomic E-state index is 12.2. The molecular formula is C15H25N3O4. The van der Waals surface area contributed by atoms with Crippen molar-refractivity contribution in [1.82, 2.24) is 15.1 Å². The largest absolute Gasteiger partial charge is 0.466 e. The summed E-state index contributed by atoms with van der Waals surface area (Å²) >= 11 is 0. The number of hydrogen-bond donors (Lipinski definition) is 1. The summed E-state index contributed by atoms with van der Waals surface area (Å²) in [7, 11) is 0. The van der Waals surface area contributed by atoms with Crippen LogP contribution in [0.3, 0.4) is 0 Å². The zero-order valence-electron chi connectivity index (χ0n) is 13.3. The Morgan fingerprint density at radius 1 is 1.27 bits per heavy atom. The summed E-state index contributed by atoms with van der Waals surface area (Å²) in [6.07, 6.45) is 2.95. The first-order valence-corrected chi connectivity index (χ1v) is 8.07. The molecule has 7 nitrogen and oxygen atoms in total. The molecule has 0 saturated carbocycles. The fourth-order valence-electron chi connectivity index (χ4n) is 2.97. The van der Waals surface area contributed by atoms with E-state index in [0.29, 0.717) is 45.6 Å². The highest BCUT2D eigenvalue weighted by Crippen LogP contribution is 2.20. The van der Waals surface area contributed by atoms with E-state index in [1.54, 1.807) is 6.92 Å². The minimum absolute atomic E-state index is 0.0628. The SMILES string of the molecule is CCC[C@H]1NC(=O)N(CN2CCC(C(=O)OCC)CC2)C1=O. The van der Waals surface area contributed by atoms with Crippen LogP contribution >= 0.6 is 0 Å². The van der Waals surface area contributed by atoms with Crippen molar-refractivity contribution < 1.29 is 19.1 Å². The second-order valence-corrected chi connectivity index (χ2v) is 5.84. The number of imide groups is 1. The van der Waals surface area contributed by atoms with Crippen LogP contribution in [0.2, 0.25) is 0 Å². The Kier molecular flexibility index (Phi) is 5.76. The quantitative estimate of drug-likeness (QED) is 0.583. The molecule has 2 aliphatic heterocycles. The van der Waals surface area contributed by atoms with E-state index in [1.165, 1.54) is 4.90 Å². The summed E-state index contributed by atoms with van der Waals surface area (Å²) in [5, 5.41) is 2.72. The van der Waals surface area contributed by atoms with Crippen LogP contribution in [0, 0.1) is 5.92 Å². The summed E-state index contributed by atoms with van der Waals surface area (Å²) < 4.78 is 5.04. The van der Waals surface area contributed by atoms with Crippen molar-refractivity contribution in [3.05, 3.63) is 0 Å². The van der Waals surface area contributed by atoms with Gasteiger partial charge >= 0.3 is 12.0 Å². The summed E-state index contributed by atoms with van der Waals surface area (Å²) in [5.74, 6) is -0.341. The monoisotopic (exact) mass is 311 g/mol. The molecule has 0 aromatic rings. The zero-order valence-corrected chi connectivity index (χ0v) is 13.3. The Morgan fingerprint density at radius 3 is 2.55 bits per heavy atom. The standard InChI is InChI=1S/C15H25N3O4/c1-3-5-12-13(19)18(15(21)16-12)10-17-8-6-11(7-9-17)14(20)22-4-2/h11-12H,3-10H2,1-2H3,(H,16,21)/t12-/m1/s1. The van der Waals surface area contributed by atoms with E-state index in [4.69, 9.17) is 4.74 Å². The second kappa shape index (κ2) is 7.58. The number of piperidine rings is 1. The molecule has 0 aromatic heterocycles. The van der Waals surface area contributed by atoms with E-state index in [1.807, 2.05) is 11.8 Å². The number of rotatable bonds is 6.